The molecule has 0 atom stereocenters. The van der Waals surface area contributed by atoms with E-state index < -0.39 is 0 Å². The highest BCUT2D eigenvalue weighted by atomic mass is 35.5. The van der Waals surface area contributed by atoms with E-state index in [1.807, 2.05) is 24.3 Å². The van der Waals surface area contributed by atoms with Crippen LogP contribution in [-0.4, -0.2) is 15.1 Å². The number of pyridine rings is 1. The molecule has 0 saturated heterocycles. The predicted octanol–water partition coefficient (Wildman–Crippen LogP) is 4.24. The highest BCUT2D eigenvalue weighted by molar-refractivity contribution is 6.31. The Bertz CT molecular complexity index is 737. The first kappa shape index (κ1) is 11.4. The average molecular weight is 279 g/mol. The molecule has 0 saturated carbocycles. The molecule has 5 heteroatoms. The zero-order valence-corrected chi connectivity index (χ0v) is 10.6. The van der Waals surface area contributed by atoms with Crippen LogP contribution in [0.4, 0.5) is 0 Å². The van der Waals surface area contributed by atoms with Crippen LogP contribution in [0.25, 0.3) is 22.3 Å². The Morgan fingerprint density at radius 1 is 1.06 bits per heavy atom. The summed E-state index contributed by atoms with van der Waals surface area (Å²) >= 11 is 11.8. The van der Waals surface area contributed by atoms with Crippen molar-refractivity contribution in [2.75, 3.05) is 0 Å². The van der Waals surface area contributed by atoms with Gasteiger partial charge in [0.25, 0.3) is 0 Å². The van der Waals surface area contributed by atoms with Crippen LogP contribution >= 0.6 is 23.2 Å². The predicted molar refractivity (Wildman–Crippen MR) is 73.2 cm³/mol. The minimum absolute atomic E-state index is 0.0806. The average Bonchev–Trinajstić information content (AvgIpc) is 2.74. The SMILES string of the molecule is Oc1ccc(Cl)nc1-c1cc2ccc(Cl)cc2[nH]1. The molecule has 0 aliphatic carbocycles. The molecule has 0 radical (unpaired) electrons. The summed E-state index contributed by atoms with van der Waals surface area (Å²) in [6, 6.07) is 10.5. The maximum Gasteiger partial charge on any atom is 0.143 e. The molecule has 0 amide bonds. The Labute approximate surface area is 113 Å². The van der Waals surface area contributed by atoms with E-state index >= 15 is 0 Å². The van der Waals surface area contributed by atoms with E-state index in [1.165, 1.54) is 6.07 Å². The number of nitrogens with one attached hydrogen (secondary N) is 1. The summed E-state index contributed by atoms with van der Waals surface area (Å²) in [5, 5.41) is 11.8. The number of H-pyrrole nitrogens is 1. The molecule has 2 heterocycles. The van der Waals surface area contributed by atoms with Crippen LogP contribution in [0.2, 0.25) is 10.2 Å². The van der Waals surface area contributed by atoms with Gasteiger partial charge in [0.15, 0.2) is 0 Å². The fraction of sp³-hybridized carbons (Fsp3) is 0. The van der Waals surface area contributed by atoms with Crippen LogP contribution in [0.1, 0.15) is 0 Å². The number of aromatic nitrogens is 2. The van der Waals surface area contributed by atoms with Crippen LogP contribution < -0.4 is 0 Å². The van der Waals surface area contributed by atoms with Crippen molar-refractivity contribution in [3.05, 3.63) is 46.6 Å². The lowest BCUT2D eigenvalue weighted by atomic mass is 10.2. The second kappa shape index (κ2) is 4.19. The molecule has 3 rings (SSSR count). The van der Waals surface area contributed by atoms with Crippen LogP contribution in [0, 0.1) is 0 Å². The first-order valence-electron chi connectivity index (χ1n) is 5.27. The maximum atomic E-state index is 9.80. The summed E-state index contributed by atoms with van der Waals surface area (Å²) in [5.74, 6) is 0.0806. The Morgan fingerprint density at radius 2 is 1.89 bits per heavy atom. The number of benzene rings is 1. The number of nitrogens with zero attached hydrogens (tertiary/aromatic N) is 1. The molecule has 0 spiro atoms. The molecule has 0 aliphatic rings. The lowest BCUT2D eigenvalue weighted by Gasteiger charge is -2.01. The van der Waals surface area contributed by atoms with Gasteiger partial charge in [-0.1, -0.05) is 29.3 Å². The van der Waals surface area contributed by atoms with E-state index in [0.717, 1.165) is 10.9 Å². The lowest BCUT2D eigenvalue weighted by molar-refractivity contribution is 0.475. The maximum absolute atomic E-state index is 9.80. The minimum atomic E-state index is 0.0806. The van der Waals surface area contributed by atoms with Gasteiger partial charge in [-0.25, -0.2) is 4.98 Å². The molecule has 0 unspecified atom stereocenters. The van der Waals surface area contributed by atoms with Crippen molar-refractivity contribution >= 4 is 34.1 Å². The summed E-state index contributed by atoms with van der Waals surface area (Å²) in [4.78, 5) is 7.27. The quantitative estimate of drug-likeness (QED) is 0.654. The minimum Gasteiger partial charge on any atom is -0.506 e. The molecule has 18 heavy (non-hydrogen) atoms. The number of rotatable bonds is 1. The number of aromatic hydroxyl groups is 1. The van der Waals surface area contributed by atoms with E-state index in [-0.39, 0.29) is 5.75 Å². The highest BCUT2D eigenvalue weighted by Crippen LogP contribution is 2.31. The largest absolute Gasteiger partial charge is 0.506 e. The van der Waals surface area contributed by atoms with Crippen molar-refractivity contribution < 1.29 is 5.11 Å². The standard InChI is InChI=1S/C13H8Cl2N2O/c14-8-2-1-7-5-10(16-9(7)6-8)13-11(18)3-4-12(15)17-13/h1-6,16,18H. The van der Waals surface area contributed by atoms with Gasteiger partial charge in [0, 0.05) is 15.9 Å². The molecule has 3 nitrogen and oxygen atoms in total. The molecular formula is C13H8Cl2N2O. The summed E-state index contributed by atoms with van der Waals surface area (Å²) in [6.45, 7) is 0. The Balaban J connectivity index is 2.22. The third kappa shape index (κ3) is 1.92. The smallest absolute Gasteiger partial charge is 0.143 e. The van der Waals surface area contributed by atoms with Crippen molar-refractivity contribution in [3.8, 4) is 17.1 Å². The van der Waals surface area contributed by atoms with E-state index in [9.17, 15) is 5.11 Å². The zero-order valence-electron chi connectivity index (χ0n) is 9.11. The fourth-order valence-electron chi connectivity index (χ4n) is 1.85. The zero-order chi connectivity index (χ0) is 12.7. The molecule has 2 N–H and O–H groups in total. The molecular weight excluding hydrogens is 271 g/mol. The highest BCUT2D eigenvalue weighted by Gasteiger charge is 2.10. The Morgan fingerprint density at radius 3 is 2.72 bits per heavy atom. The summed E-state index contributed by atoms with van der Waals surface area (Å²) in [7, 11) is 0. The molecule has 90 valence electrons. The Kier molecular flexibility index (Phi) is 2.65. The third-order valence-corrected chi connectivity index (χ3v) is 3.13. The van der Waals surface area contributed by atoms with Gasteiger partial charge in [-0.05, 0) is 30.3 Å². The summed E-state index contributed by atoms with van der Waals surface area (Å²) in [6.07, 6.45) is 0. The van der Waals surface area contributed by atoms with Crippen molar-refractivity contribution in [2.24, 2.45) is 0 Å². The molecule has 0 fully saturated rings. The molecule has 1 aromatic carbocycles. The lowest BCUT2D eigenvalue weighted by Crippen LogP contribution is -1.84. The van der Waals surface area contributed by atoms with Gasteiger partial charge in [-0.2, -0.15) is 0 Å². The normalized spacial score (nSPS) is 11.0. The van der Waals surface area contributed by atoms with Crippen molar-refractivity contribution in [1.82, 2.24) is 9.97 Å². The monoisotopic (exact) mass is 278 g/mol. The summed E-state index contributed by atoms with van der Waals surface area (Å²) in [5.41, 5.74) is 2.01. The fourth-order valence-corrected chi connectivity index (χ4v) is 2.17. The van der Waals surface area contributed by atoms with E-state index in [4.69, 9.17) is 23.2 Å². The molecule has 2 aromatic heterocycles. The van der Waals surface area contributed by atoms with Gasteiger partial charge in [0.2, 0.25) is 0 Å². The van der Waals surface area contributed by atoms with Crippen LogP contribution in [0.15, 0.2) is 36.4 Å². The van der Waals surface area contributed by atoms with Gasteiger partial charge in [-0.3, -0.25) is 0 Å². The van der Waals surface area contributed by atoms with Gasteiger partial charge in [0.1, 0.15) is 16.6 Å². The first-order chi connectivity index (χ1) is 8.63. The van der Waals surface area contributed by atoms with Crippen molar-refractivity contribution in [3.63, 3.8) is 0 Å². The number of halogens is 2. The summed E-state index contributed by atoms with van der Waals surface area (Å²) < 4.78 is 0. The van der Waals surface area contributed by atoms with Gasteiger partial charge in [-0.15, -0.1) is 0 Å². The van der Waals surface area contributed by atoms with E-state index in [2.05, 4.69) is 9.97 Å². The van der Waals surface area contributed by atoms with Gasteiger partial charge < -0.3 is 10.1 Å². The van der Waals surface area contributed by atoms with E-state index in [1.54, 1.807) is 6.07 Å². The first-order valence-corrected chi connectivity index (χ1v) is 6.03. The molecule has 0 aliphatic heterocycles. The van der Waals surface area contributed by atoms with Gasteiger partial charge in [0.05, 0.1) is 5.69 Å². The second-order valence-corrected chi connectivity index (χ2v) is 4.74. The number of fused-ring (bicyclic) bond motifs is 1. The van der Waals surface area contributed by atoms with E-state index in [0.29, 0.717) is 21.6 Å². The molecule has 0 bridgehead atoms. The van der Waals surface area contributed by atoms with Gasteiger partial charge >= 0.3 is 0 Å². The third-order valence-electron chi connectivity index (χ3n) is 2.68. The van der Waals surface area contributed by atoms with Crippen molar-refractivity contribution in [2.45, 2.75) is 0 Å². The van der Waals surface area contributed by atoms with Crippen LogP contribution in [0.3, 0.4) is 0 Å². The number of hydrogen-bond acceptors (Lipinski definition) is 2. The number of aromatic amines is 1. The molecule has 3 aromatic rings. The van der Waals surface area contributed by atoms with Crippen molar-refractivity contribution in [1.29, 1.82) is 0 Å². The van der Waals surface area contributed by atoms with Crippen LogP contribution in [-0.2, 0) is 0 Å². The Hall–Kier alpha value is -1.71. The van der Waals surface area contributed by atoms with Crippen LogP contribution in [0.5, 0.6) is 5.75 Å². The number of hydrogen-bond donors (Lipinski definition) is 2. The second-order valence-electron chi connectivity index (χ2n) is 3.92. The topological polar surface area (TPSA) is 48.9 Å².